The number of pyridine rings is 1. The van der Waals surface area contributed by atoms with Gasteiger partial charge in [0.15, 0.2) is 0 Å². The molecule has 0 unspecified atom stereocenters. The molecule has 0 aliphatic carbocycles. The summed E-state index contributed by atoms with van der Waals surface area (Å²) in [5.41, 5.74) is 7.36. The van der Waals surface area contributed by atoms with E-state index in [1.54, 1.807) is 13.2 Å². The number of nitrogen functional groups attached to an aromatic ring is 1. The van der Waals surface area contributed by atoms with E-state index in [4.69, 9.17) is 19.9 Å². The Labute approximate surface area is 125 Å². The first-order chi connectivity index (χ1) is 9.63. The summed E-state index contributed by atoms with van der Waals surface area (Å²) in [6, 6.07) is 9.26. The van der Waals surface area contributed by atoms with Crippen LogP contribution in [-0.2, 0) is 6.61 Å². The van der Waals surface area contributed by atoms with E-state index in [0.29, 0.717) is 28.5 Å². The number of methoxy groups -OCH3 is 2. The van der Waals surface area contributed by atoms with Gasteiger partial charge in [0.1, 0.15) is 16.8 Å². The summed E-state index contributed by atoms with van der Waals surface area (Å²) in [5, 5.41) is 0. The third-order valence-corrected chi connectivity index (χ3v) is 3.47. The van der Waals surface area contributed by atoms with Crippen molar-refractivity contribution in [2.75, 3.05) is 20.0 Å². The van der Waals surface area contributed by atoms with Gasteiger partial charge in [-0.2, -0.15) is 4.98 Å². The third kappa shape index (κ3) is 3.33. The quantitative estimate of drug-likeness (QED) is 0.907. The first-order valence-corrected chi connectivity index (χ1v) is 6.69. The minimum absolute atomic E-state index is 0.390. The minimum atomic E-state index is 0.390. The standard InChI is InChI=1S/C14H15BrN2O3/c1-18-10-5-3-9(4-6-10)8-20-12-7-11(16)13(15)14(17-12)19-2/h3-7H,8H2,1-2H3,(H2,16,17). The summed E-state index contributed by atoms with van der Waals surface area (Å²) in [7, 11) is 3.16. The van der Waals surface area contributed by atoms with Crippen LogP contribution in [0.3, 0.4) is 0 Å². The number of rotatable bonds is 5. The number of ether oxygens (including phenoxy) is 3. The fourth-order valence-electron chi connectivity index (χ4n) is 1.59. The number of nitrogens with two attached hydrogens (primary N) is 1. The van der Waals surface area contributed by atoms with Crippen molar-refractivity contribution >= 4 is 21.6 Å². The largest absolute Gasteiger partial charge is 0.497 e. The molecule has 2 rings (SSSR count). The van der Waals surface area contributed by atoms with E-state index >= 15 is 0 Å². The van der Waals surface area contributed by atoms with Crippen molar-refractivity contribution in [3.05, 3.63) is 40.4 Å². The SMILES string of the molecule is COc1ccc(COc2cc(N)c(Br)c(OC)n2)cc1. The van der Waals surface area contributed by atoms with E-state index in [0.717, 1.165) is 11.3 Å². The lowest BCUT2D eigenvalue weighted by molar-refractivity contribution is 0.286. The van der Waals surface area contributed by atoms with E-state index in [1.165, 1.54) is 7.11 Å². The highest BCUT2D eigenvalue weighted by Crippen LogP contribution is 2.32. The number of aromatic nitrogens is 1. The second-order valence-electron chi connectivity index (χ2n) is 4.01. The topological polar surface area (TPSA) is 66.6 Å². The maximum Gasteiger partial charge on any atom is 0.233 e. The van der Waals surface area contributed by atoms with Crippen molar-refractivity contribution in [1.82, 2.24) is 4.98 Å². The molecular weight excluding hydrogens is 324 g/mol. The van der Waals surface area contributed by atoms with Gasteiger partial charge in [-0.1, -0.05) is 12.1 Å². The van der Waals surface area contributed by atoms with Gasteiger partial charge < -0.3 is 19.9 Å². The molecule has 2 N–H and O–H groups in total. The minimum Gasteiger partial charge on any atom is -0.497 e. The molecule has 0 saturated heterocycles. The number of anilines is 1. The lowest BCUT2D eigenvalue weighted by Crippen LogP contribution is -2.01. The van der Waals surface area contributed by atoms with E-state index in [-0.39, 0.29) is 0 Å². The Balaban J connectivity index is 2.08. The zero-order chi connectivity index (χ0) is 14.5. The zero-order valence-electron chi connectivity index (χ0n) is 11.2. The highest BCUT2D eigenvalue weighted by Gasteiger charge is 2.09. The van der Waals surface area contributed by atoms with E-state index in [2.05, 4.69) is 20.9 Å². The number of benzene rings is 1. The van der Waals surface area contributed by atoms with Crippen LogP contribution in [0.2, 0.25) is 0 Å². The molecule has 0 spiro atoms. The van der Waals surface area contributed by atoms with Gasteiger partial charge in [0.25, 0.3) is 0 Å². The van der Waals surface area contributed by atoms with Crippen molar-refractivity contribution in [3.8, 4) is 17.5 Å². The molecule has 0 aliphatic heterocycles. The van der Waals surface area contributed by atoms with Crippen LogP contribution in [0.25, 0.3) is 0 Å². The van der Waals surface area contributed by atoms with Gasteiger partial charge in [-0.25, -0.2) is 0 Å². The van der Waals surface area contributed by atoms with Gasteiger partial charge in [-0.15, -0.1) is 0 Å². The molecule has 0 fully saturated rings. The molecule has 5 nitrogen and oxygen atoms in total. The van der Waals surface area contributed by atoms with Gasteiger partial charge in [0.05, 0.1) is 19.9 Å². The summed E-state index contributed by atoms with van der Waals surface area (Å²) in [6.45, 7) is 0.390. The van der Waals surface area contributed by atoms with Crippen molar-refractivity contribution < 1.29 is 14.2 Å². The maximum absolute atomic E-state index is 5.84. The average molecular weight is 339 g/mol. The van der Waals surface area contributed by atoms with Crippen LogP contribution in [0.1, 0.15) is 5.56 Å². The average Bonchev–Trinajstić information content (AvgIpc) is 2.48. The summed E-state index contributed by atoms with van der Waals surface area (Å²) in [4.78, 5) is 4.20. The van der Waals surface area contributed by atoms with Crippen LogP contribution in [0.4, 0.5) is 5.69 Å². The predicted molar refractivity (Wildman–Crippen MR) is 80.2 cm³/mol. The molecule has 6 heteroatoms. The molecule has 0 atom stereocenters. The Morgan fingerprint density at radius 1 is 1.15 bits per heavy atom. The van der Waals surface area contributed by atoms with Crippen LogP contribution in [0, 0.1) is 0 Å². The Morgan fingerprint density at radius 2 is 1.85 bits per heavy atom. The lowest BCUT2D eigenvalue weighted by atomic mass is 10.2. The fourth-order valence-corrected chi connectivity index (χ4v) is 1.95. The molecule has 0 radical (unpaired) electrons. The van der Waals surface area contributed by atoms with Gasteiger partial charge in [0, 0.05) is 6.07 Å². The van der Waals surface area contributed by atoms with Crippen LogP contribution >= 0.6 is 15.9 Å². The summed E-state index contributed by atoms with van der Waals surface area (Å²) >= 11 is 3.30. The fraction of sp³-hybridized carbons (Fsp3) is 0.214. The van der Waals surface area contributed by atoms with Crippen molar-refractivity contribution in [2.24, 2.45) is 0 Å². The van der Waals surface area contributed by atoms with Crippen molar-refractivity contribution in [1.29, 1.82) is 0 Å². The third-order valence-electron chi connectivity index (χ3n) is 2.67. The Hall–Kier alpha value is -1.95. The molecular formula is C14H15BrN2O3. The molecule has 20 heavy (non-hydrogen) atoms. The number of hydrogen-bond acceptors (Lipinski definition) is 5. The maximum atomic E-state index is 5.84. The smallest absolute Gasteiger partial charge is 0.233 e. The Morgan fingerprint density at radius 3 is 2.45 bits per heavy atom. The van der Waals surface area contributed by atoms with Gasteiger partial charge in [-0.05, 0) is 33.6 Å². The first kappa shape index (κ1) is 14.5. The van der Waals surface area contributed by atoms with Gasteiger partial charge in [0.2, 0.25) is 11.8 Å². The lowest BCUT2D eigenvalue weighted by Gasteiger charge is -2.10. The Kier molecular flexibility index (Phi) is 4.68. The molecule has 0 aliphatic rings. The Bertz CT molecular complexity index is 588. The molecule has 1 aromatic carbocycles. The molecule has 0 bridgehead atoms. The van der Waals surface area contributed by atoms with Crippen LogP contribution in [-0.4, -0.2) is 19.2 Å². The van der Waals surface area contributed by atoms with Crippen LogP contribution in [0.15, 0.2) is 34.8 Å². The second-order valence-corrected chi connectivity index (χ2v) is 4.80. The molecule has 0 amide bonds. The monoisotopic (exact) mass is 338 g/mol. The molecule has 2 aromatic rings. The molecule has 1 aromatic heterocycles. The molecule has 1 heterocycles. The zero-order valence-corrected chi connectivity index (χ0v) is 12.8. The van der Waals surface area contributed by atoms with E-state index in [1.807, 2.05) is 24.3 Å². The van der Waals surface area contributed by atoms with Crippen LogP contribution < -0.4 is 19.9 Å². The van der Waals surface area contributed by atoms with E-state index < -0.39 is 0 Å². The highest BCUT2D eigenvalue weighted by atomic mass is 79.9. The van der Waals surface area contributed by atoms with Gasteiger partial charge in [-0.3, -0.25) is 0 Å². The van der Waals surface area contributed by atoms with Crippen molar-refractivity contribution in [3.63, 3.8) is 0 Å². The second kappa shape index (κ2) is 6.47. The van der Waals surface area contributed by atoms with Crippen LogP contribution in [0.5, 0.6) is 17.5 Å². The normalized spacial score (nSPS) is 10.2. The van der Waals surface area contributed by atoms with Crippen molar-refractivity contribution in [2.45, 2.75) is 6.61 Å². The summed E-state index contributed by atoms with van der Waals surface area (Å²) < 4.78 is 16.4. The number of halogens is 1. The molecule has 0 saturated carbocycles. The predicted octanol–water partition coefficient (Wildman–Crippen LogP) is 3.02. The molecule has 106 valence electrons. The summed E-state index contributed by atoms with van der Waals surface area (Å²) in [6.07, 6.45) is 0. The van der Waals surface area contributed by atoms with Gasteiger partial charge >= 0.3 is 0 Å². The first-order valence-electron chi connectivity index (χ1n) is 5.89. The number of nitrogens with zero attached hydrogens (tertiary/aromatic N) is 1. The summed E-state index contributed by atoms with van der Waals surface area (Å²) in [5.74, 6) is 1.62. The van der Waals surface area contributed by atoms with E-state index in [9.17, 15) is 0 Å². The highest BCUT2D eigenvalue weighted by molar-refractivity contribution is 9.10. The number of hydrogen-bond donors (Lipinski definition) is 1.